The first-order valence-electron chi connectivity index (χ1n) is 3.38. The molecular formula is C9H11BrMgO2. The number of hydrogen-bond acceptors (Lipinski definition) is 2. The van der Waals surface area contributed by atoms with E-state index in [0.29, 0.717) is 5.75 Å². The summed E-state index contributed by atoms with van der Waals surface area (Å²) in [6, 6.07) is 6.73. The van der Waals surface area contributed by atoms with Crippen LogP contribution in [0.3, 0.4) is 0 Å². The van der Waals surface area contributed by atoms with Crippen molar-refractivity contribution in [3.8, 4) is 11.5 Å². The first-order valence-corrected chi connectivity index (χ1v) is 3.38. The van der Waals surface area contributed by atoms with Crippen LogP contribution in [-0.4, -0.2) is 37.3 Å². The Balaban J connectivity index is 0. The van der Waals surface area contributed by atoms with Crippen molar-refractivity contribution in [3.63, 3.8) is 0 Å². The maximum Gasteiger partial charge on any atom is 2.00 e. The van der Waals surface area contributed by atoms with Crippen molar-refractivity contribution >= 4 is 23.1 Å². The number of aryl methyl sites for hydroxylation is 1. The molecular weight excluding hydrogens is 244 g/mol. The van der Waals surface area contributed by atoms with E-state index < -0.39 is 0 Å². The molecule has 0 saturated heterocycles. The topological polar surface area (TPSA) is 18.5 Å². The van der Waals surface area contributed by atoms with Gasteiger partial charge in [-0.15, -0.1) is 12.1 Å². The van der Waals surface area contributed by atoms with Gasteiger partial charge in [-0.05, 0) is 0 Å². The molecule has 0 bridgehead atoms. The van der Waals surface area contributed by atoms with Gasteiger partial charge in [0.2, 0.25) is 0 Å². The summed E-state index contributed by atoms with van der Waals surface area (Å²) >= 11 is 0. The van der Waals surface area contributed by atoms with Crippen molar-refractivity contribution in [1.82, 2.24) is 0 Å². The van der Waals surface area contributed by atoms with Crippen LogP contribution in [0.15, 0.2) is 12.1 Å². The Kier molecular flexibility index (Phi) is 8.92. The molecule has 0 heterocycles. The normalized spacial score (nSPS) is 7.92. The molecule has 2 nitrogen and oxygen atoms in total. The molecule has 0 aromatic heterocycles. The van der Waals surface area contributed by atoms with Gasteiger partial charge in [0.25, 0.3) is 0 Å². The maximum atomic E-state index is 5.04. The molecule has 0 radical (unpaired) electrons. The summed E-state index contributed by atoms with van der Waals surface area (Å²) in [6.45, 7) is 1.95. The summed E-state index contributed by atoms with van der Waals surface area (Å²) in [7, 11) is 3.25. The van der Waals surface area contributed by atoms with Gasteiger partial charge in [0, 0.05) is 11.5 Å². The van der Waals surface area contributed by atoms with Crippen molar-refractivity contribution in [1.29, 1.82) is 0 Å². The third-order valence-corrected chi connectivity index (χ3v) is 1.41. The zero-order chi connectivity index (χ0) is 8.27. The van der Waals surface area contributed by atoms with Crippen molar-refractivity contribution < 1.29 is 26.5 Å². The zero-order valence-corrected chi connectivity index (χ0v) is 11.1. The van der Waals surface area contributed by atoms with Gasteiger partial charge in [-0.3, -0.25) is 0 Å². The minimum Gasteiger partial charge on any atom is -1.00 e. The van der Waals surface area contributed by atoms with E-state index in [1.807, 2.05) is 13.0 Å². The molecule has 0 unspecified atom stereocenters. The van der Waals surface area contributed by atoms with E-state index in [9.17, 15) is 0 Å². The largest absolute Gasteiger partial charge is 2.00 e. The van der Waals surface area contributed by atoms with Gasteiger partial charge >= 0.3 is 23.1 Å². The van der Waals surface area contributed by atoms with Gasteiger partial charge in [-0.2, -0.15) is 5.56 Å². The van der Waals surface area contributed by atoms with Crippen LogP contribution in [0.4, 0.5) is 0 Å². The van der Waals surface area contributed by atoms with Gasteiger partial charge in [-0.25, -0.2) is 0 Å². The summed E-state index contributed by atoms with van der Waals surface area (Å²) in [4.78, 5) is 0. The second-order valence-electron chi connectivity index (χ2n) is 2.27. The Morgan fingerprint density at radius 1 is 1.15 bits per heavy atom. The van der Waals surface area contributed by atoms with Gasteiger partial charge in [0.15, 0.2) is 0 Å². The summed E-state index contributed by atoms with van der Waals surface area (Å²) in [6.07, 6.45) is 0. The van der Waals surface area contributed by atoms with Crippen LogP contribution in [0.1, 0.15) is 5.56 Å². The van der Waals surface area contributed by atoms with E-state index in [0.717, 1.165) is 11.3 Å². The maximum absolute atomic E-state index is 5.04. The minimum absolute atomic E-state index is 0. The zero-order valence-electron chi connectivity index (χ0n) is 8.06. The quantitative estimate of drug-likeness (QED) is 0.470. The van der Waals surface area contributed by atoms with Crippen molar-refractivity contribution in [2.24, 2.45) is 0 Å². The first kappa shape index (κ1) is 15.5. The van der Waals surface area contributed by atoms with Crippen LogP contribution in [0.5, 0.6) is 11.5 Å². The number of benzene rings is 1. The predicted octanol–water partition coefficient (Wildman–Crippen LogP) is -1.56. The third kappa shape index (κ3) is 4.74. The average molecular weight is 255 g/mol. The number of rotatable bonds is 2. The molecule has 0 aliphatic heterocycles. The van der Waals surface area contributed by atoms with Crippen molar-refractivity contribution in [2.45, 2.75) is 6.92 Å². The van der Waals surface area contributed by atoms with Gasteiger partial charge in [0.05, 0.1) is 14.2 Å². The molecule has 0 amide bonds. The van der Waals surface area contributed by atoms with E-state index in [2.05, 4.69) is 6.07 Å². The van der Waals surface area contributed by atoms with Crippen molar-refractivity contribution in [2.75, 3.05) is 14.2 Å². The summed E-state index contributed by atoms with van der Waals surface area (Å²) in [5.74, 6) is 1.51. The SMILES string of the molecule is COc1[c-]c(C)cc(OC)c1.[Br-].[Mg+2]. The molecule has 1 aromatic carbocycles. The van der Waals surface area contributed by atoms with E-state index in [-0.39, 0.29) is 40.0 Å². The molecule has 1 rings (SSSR count). The summed E-state index contributed by atoms with van der Waals surface area (Å²) in [5.41, 5.74) is 1.02. The molecule has 68 valence electrons. The van der Waals surface area contributed by atoms with Crippen LogP contribution in [0.2, 0.25) is 0 Å². The van der Waals surface area contributed by atoms with Gasteiger partial charge in [0.1, 0.15) is 0 Å². The molecule has 0 atom stereocenters. The fraction of sp³-hybridized carbons (Fsp3) is 0.333. The van der Waals surface area contributed by atoms with E-state index in [1.54, 1.807) is 20.3 Å². The van der Waals surface area contributed by atoms with Crippen molar-refractivity contribution in [3.05, 3.63) is 23.8 Å². The molecule has 13 heavy (non-hydrogen) atoms. The molecule has 1 aromatic rings. The third-order valence-electron chi connectivity index (χ3n) is 1.41. The molecule has 0 saturated carbocycles. The molecule has 0 spiro atoms. The molecule has 4 heteroatoms. The number of methoxy groups -OCH3 is 2. The van der Waals surface area contributed by atoms with Gasteiger partial charge < -0.3 is 26.5 Å². The number of ether oxygens (including phenoxy) is 2. The Labute approximate surface area is 106 Å². The second kappa shape index (κ2) is 7.47. The van der Waals surface area contributed by atoms with Crippen LogP contribution in [-0.2, 0) is 0 Å². The molecule has 0 aliphatic carbocycles. The Morgan fingerprint density at radius 3 is 2.23 bits per heavy atom. The fourth-order valence-corrected chi connectivity index (χ4v) is 0.879. The average Bonchev–Trinajstić information content (AvgIpc) is 2.03. The van der Waals surface area contributed by atoms with Crippen LogP contribution >= 0.6 is 0 Å². The summed E-state index contributed by atoms with van der Waals surface area (Å²) < 4.78 is 10.0. The van der Waals surface area contributed by atoms with E-state index >= 15 is 0 Å². The standard InChI is InChI=1S/C9H11O2.BrH.Mg/c1-7-4-8(10-2)6-9(5-7)11-3;;/h4,6H,1-3H3;1H;/q-1;;+2/p-1. The smallest absolute Gasteiger partial charge is 1.00 e. The molecule has 0 N–H and O–H groups in total. The Morgan fingerprint density at radius 2 is 1.77 bits per heavy atom. The monoisotopic (exact) mass is 254 g/mol. The Hall–Kier alpha value is 0.0662. The summed E-state index contributed by atoms with van der Waals surface area (Å²) in [5, 5.41) is 0. The number of hydrogen-bond donors (Lipinski definition) is 0. The van der Waals surface area contributed by atoms with E-state index in [1.165, 1.54) is 0 Å². The molecule has 0 fully saturated rings. The Bertz CT molecular complexity index is 231. The molecule has 0 aliphatic rings. The fourth-order valence-electron chi connectivity index (χ4n) is 0.879. The van der Waals surface area contributed by atoms with Gasteiger partial charge in [-0.1, -0.05) is 13.0 Å². The van der Waals surface area contributed by atoms with Crippen LogP contribution < -0.4 is 26.5 Å². The predicted molar refractivity (Wildman–Crippen MR) is 48.9 cm³/mol. The first-order chi connectivity index (χ1) is 5.26. The van der Waals surface area contributed by atoms with Crippen LogP contribution in [0.25, 0.3) is 0 Å². The van der Waals surface area contributed by atoms with E-state index in [4.69, 9.17) is 9.47 Å². The minimum atomic E-state index is 0. The number of halogens is 1. The second-order valence-corrected chi connectivity index (χ2v) is 2.27. The van der Waals surface area contributed by atoms with Crippen LogP contribution in [0, 0.1) is 13.0 Å².